The fourth-order valence-corrected chi connectivity index (χ4v) is 2.82. The lowest BCUT2D eigenvalue weighted by atomic mass is 9.90. The number of hydrogen-bond donors (Lipinski definition) is 1. The third kappa shape index (κ3) is 1.85. The Morgan fingerprint density at radius 2 is 1.94 bits per heavy atom. The van der Waals surface area contributed by atoms with Crippen molar-refractivity contribution in [3.05, 3.63) is 53.3 Å². The highest BCUT2D eigenvalue weighted by atomic mass is 15.3. The molecule has 0 unspecified atom stereocenters. The lowest BCUT2D eigenvalue weighted by molar-refractivity contribution is 0.471. The molecule has 2 N–H and O–H groups in total. The summed E-state index contributed by atoms with van der Waals surface area (Å²) in [5.41, 5.74) is 10.2. The fourth-order valence-electron chi connectivity index (χ4n) is 2.82. The molecule has 0 atom stereocenters. The van der Waals surface area contributed by atoms with E-state index in [-0.39, 0.29) is 5.54 Å². The van der Waals surface area contributed by atoms with Crippen LogP contribution in [0.4, 0.5) is 0 Å². The fraction of sp³-hybridized carbons (Fsp3) is 0.400. The molecule has 3 heteroatoms. The molecular formula is C15H19N3. The van der Waals surface area contributed by atoms with Gasteiger partial charge >= 0.3 is 0 Å². The van der Waals surface area contributed by atoms with E-state index in [9.17, 15) is 0 Å². The summed E-state index contributed by atoms with van der Waals surface area (Å²) in [4.78, 5) is 0. The molecule has 1 aliphatic carbocycles. The second-order valence-corrected chi connectivity index (χ2v) is 5.27. The molecular weight excluding hydrogens is 222 g/mol. The summed E-state index contributed by atoms with van der Waals surface area (Å²) in [6.07, 6.45) is 6.97. The smallest absolute Gasteiger partial charge is 0.0540 e. The first kappa shape index (κ1) is 11.5. The van der Waals surface area contributed by atoms with Crippen molar-refractivity contribution in [3.8, 4) is 0 Å². The predicted octanol–water partition coefficient (Wildman–Crippen LogP) is 2.25. The van der Waals surface area contributed by atoms with Crippen LogP contribution in [0.1, 0.15) is 30.0 Å². The second-order valence-electron chi connectivity index (χ2n) is 5.27. The van der Waals surface area contributed by atoms with Crippen LogP contribution in [-0.4, -0.2) is 9.78 Å². The van der Waals surface area contributed by atoms with Gasteiger partial charge in [-0.15, -0.1) is 0 Å². The summed E-state index contributed by atoms with van der Waals surface area (Å²) in [7, 11) is 0. The summed E-state index contributed by atoms with van der Waals surface area (Å²) < 4.78 is 1.99. The Labute approximate surface area is 108 Å². The molecule has 0 saturated carbocycles. The van der Waals surface area contributed by atoms with Crippen LogP contribution in [0.2, 0.25) is 0 Å². The van der Waals surface area contributed by atoms with Gasteiger partial charge in [-0.25, -0.2) is 0 Å². The van der Waals surface area contributed by atoms with Gasteiger partial charge in [0.25, 0.3) is 0 Å². The number of nitrogens with zero attached hydrogens (tertiary/aromatic N) is 2. The van der Waals surface area contributed by atoms with Crippen molar-refractivity contribution in [2.75, 3.05) is 0 Å². The standard InChI is InChI=1S/C15H19N3/c1-2-7-18-11-14(10-17-18)15(16)8-12-5-3-4-6-13(12)9-15/h3-6,10-11H,2,7-9,16H2,1H3. The molecule has 1 aliphatic rings. The molecule has 0 spiro atoms. The average Bonchev–Trinajstić information content (AvgIpc) is 2.93. The van der Waals surface area contributed by atoms with Crippen LogP contribution in [0.15, 0.2) is 36.7 Å². The van der Waals surface area contributed by atoms with E-state index < -0.39 is 0 Å². The van der Waals surface area contributed by atoms with Gasteiger partial charge in [0.2, 0.25) is 0 Å². The molecule has 2 aromatic rings. The van der Waals surface area contributed by atoms with Gasteiger partial charge in [-0.1, -0.05) is 31.2 Å². The van der Waals surface area contributed by atoms with Gasteiger partial charge in [-0.05, 0) is 30.4 Å². The number of hydrogen-bond acceptors (Lipinski definition) is 2. The number of fused-ring (bicyclic) bond motifs is 1. The summed E-state index contributed by atoms with van der Waals surface area (Å²) in [5.74, 6) is 0. The van der Waals surface area contributed by atoms with E-state index in [0.29, 0.717) is 0 Å². The highest BCUT2D eigenvalue weighted by molar-refractivity contribution is 5.39. The minimum atomic E-state index is -0.268. The molecule has 1 aromatic carbocycles. The zero-order valence-electron chi connectivity index (χ0n) is 10.8. The van der Waals surface area contributed by atoms with E-state index in [1.807, 2.05) is 10.9 Å². The maximum atomic E-state index is 6.59. The van der Waals surface area contributed by atoms with Crippen molar-refractivity contribution < 1.29 is 0 Å². The van der Waals surface area contributed by atoms with Crippen LogP contribution in [0.5, 0.6) is 0 Å². The SMILES string of the molecule is CCCn1cc(C2(N)Cc3ccccc3C2)cn1. The lowest BCUT2D eigenvalue weighted by Crippen LogP contribution is -2.37. The minimum absolute atomic E-state index is 0.268. The number of aryl methyl sites for hydroxylation is 1. The number of aromatic nitrogens is 2. The Bertz CT molecular complexity index is 531. The normalized spacial score (nSPS) is 16.8. The van der Waals surface area contributed by atoms with E-state index in [2.05, 4.69) is 42.5 Å². The molecule has 0 radical (unpaired) electrons. The monoisotopic (exact) mass is 241 g/mol. The first-order valence-electron chi connectivity index (χ1n) is 6.60. The third-order valence-electron chi connectivity index (χ3n) is 3.79. The summed E-state index contributed by atoms with van der Waals surface area (Å²) in [6.45, 7) is 3.12. The summed E-state index contributed by atoms with van der Waals surface area (Å²) in [5, 5.41) is 4.40. The molecule has 3 rings (SSSR count). The number of rotatable bonds is 3. The highest BCUT2D eigenvalue weighted by Gasteiger charge is 2.35. The second kappa shape index (κ2) is 4.25. The molecule has 94 valence electrons. The van der Waals surface area contributed by atoms with Gasteiger partial charge < -0.3 is 5.73 Å². The maximum Gasteiger partial charge on any atom is 0.0540 e. The van der Waals surface area contributed by atoms with Gasteiger partial charge in [0.15, 0.2) is 0 Å². The van der Waals surface area contributed by atoms with E-state index in [4.69, 9.17) is 5.73 Å². The minimum Gasteiger partial charge on any atom is -0.321 e. The van der Waals surface area contributed by atoms with Crippen molar-refractivity contribution in [1.82, 2.24) is 9.78 Å². The quantitative estimate of drug-likeness (QED) is 0.895. The largest absolute Gasteiger partial charge is 0.321 e. The van der Waals surface area contributed by atoms with Crippen molar-refractivity contribution >= 4 is 0 Å². The van der Waals surface area contributed by atoms with Crippen molar-refractivity contribution in [3.63, 3.8) is 0 Å². The van der Waals surface area contributed by atoms with Crippen LogP contribution in [-0.2, 0) is 24.9 Å². The number of nitrogens with two attached hydrogens (primary N) is 1. The lowest BCUT2D eigenvalue weighted by Gasteiger charge is -2.21. The van der Waals surface area contributed by atoms with Gasteiger partial charge in [0.1, 0.15) is 0 Å². The molecule has 1 heterocycles. The van der Waals surface area contributed by atoms with Crippen molar-refractivity contribution in [2.45, 2.75) is 38.3 Å². The molecule has 3 nitrogen and oxygen atoms in total. The van der Waals surface area contributed by atoms with Crippen LogP contribution in [0.25, 0.3) is 0 Å². The summed E-state index contributed by atoms with van der Waals surface area (Å²) in [6, 6.07) is 8.54. The highest BCUT2D eigenvalue weighted by Crippen LogP contribution is 2.35. The van der Waals surface area contributed by atoms with Crippen molar-refractivity contribution in [1.29, 1.82) is 0 Å². The first-order chi connectivity index (χ1) is 8.71. The number of benzene rings is 1. The topological polar surface area (TPSA) is 43.8 Å². The molecule has 0 aliphatic heterocycles. The van der Waals surface area contributed by atoms with E-state index >= 15 is 0 Å². The zero-order valence-corrected chi connectivity index (χ0v) is 10.8. The molecule has 0 saturated heterocycles. The molecule has 18 heavy (non-hydrogen) atoms. The van der Waals surface area contributed by atoms with Crippen molar-refractivity contribution in [2.24, 2.45) is 5.73 Å². The molecule has 1 aromatic heterocycles. The van der Waals surface area contributed by atoms with Gasteiger partial charge in [-0.3, -0.25) is 4.68 Å². The third-order valence-corrected chi connectivity index (χ3v) is 3.79. The summed E-state index contributed by atoms with van der Waals surface area (Å²) >= 11 is 0. The van der Waals surface area contributed by atoms with E-state index in [1.54, 1.807) is 0 Å². The van der Waals surface area contributed by atoms with E-state index in [0.717, 1.165) is 31.4 Å². The van der Waals surface area contributed by atoms with Gasteiger partial charge in [0, 0.05) is 18.3 Å². The molecule has 0 fully saturated rings. The predicted molar refractivity (Wildman–Crippen MR) is 72.2 cm³/mol. The maximum absolute atomic E-state index is 6.59. The van der Waals surface area contributed by atoms with Gasteiger partial charge in [0.05, 0.1) is 11.7 Å². The zero-order chi connectivity index (χ0) is 12.6. The van der Waals surface area contributed by atoms with Crippen LogP contribution in [0.3, 0.4) is 0 Å². The van der Waals surface area contributed by atoms with Crippen LogP contribution < -0.4 is 5.73 Å². The Morgan fingerprint density at radius 1 is 1.28 bits per heavy atom. The Balaban J connectivity index is 1.88. The van der Waals surface area contributed by atoms with Crippen LogP contribution in [0, 0.1) is 0 Å². The first-order valence-corrected chi connectivity index (χ1v) is 6.60. The Kier molecular flexibility index (Phi) is 2.71. The molecule has 0 amide bonds. The average molecular weight is 241 g/mol. The Morgan fingerprint density at radius 3 is 2.56 bits per heavy atom. The van der Waals surface area contributed by atoms with Crippen LogP contribution >= 0.6 is 0 Å². The Hall–Kier alpha value is -1.61. The van der Waals surface area contributed by atoms with Gasteiger partial charge in [-0.2, -0.15) is 5.10 Å². The van der Waals surface area contributed by atoms with E-state index in [1.165, 1.54) is 11.1 Å². The molecule has 0 bridgehead atoms.